The summed E-state index contributed by atoms with van der Waals surface area (Å²) in [6.45, 7) is 1.90. The van der Waals surface area contributed by atoms with Gasteiger partial charge in [-0.3, -0.25) is 9.78 Å². The predicted octanol–water partition coefficient (Wildman–Crippen LogP) is 2.86. The molecule has 1 atom stereocenters. The van der Waals surface area contributed by atoms with E-state index in [1.807, 2.05) is 43.3 Å². The lowest BCUT2D eigenvalue weighted by Gasteiger charge is -2.21. The van der Waals surface area contributed by atoms with Gasteiger partial charge >= 0.3 is 0 Å². The van der Waals surface area contributed by atoms with Crippen molar-refractivity contribution >= 4 is 11.6 Å². The number of ether oxygens (including phenoxy) is 1. The molecule has 1 aromatic heterocycles. The lowest BCUT2D eigenvalue weighted by molar-refractivity contribution is -0.119. The zero-order chi connectivity index (χ0) is 14.5. The largest absolute Gasteiger partial charge is 0.497 e. The number of aromatic nitrogens is 1. The molecular weight excluding hydrogens is 252 g/mol. The Kier molecular flexibility index (Phi) is 4.35. The minimum absolute atomic E-state index is 0.0307. The van der Waals surface area contributed by atoms with Crippen molar-refractivity contribution in [1.82, 2.24) is 4.98 Å². The molecule has 0 aliphatic rings. The van der Waals surface area contributed by atoms with Crippen LogP contribution in [0.4, 0.5) is 5.69 Å². The van der Waals surface area contributed by atoms with Crippen molar-refractivity contribution in [2.45, 2.75) is 12.8 Å². The average Bonchev–Trinajstić information content (AvgIpc) is 2.53. The second-order valence-corrected chi connectivity index (χ2v) is 4.60. The Bertz CT molecular complexity index is 567. The van der Waals surface area contributed by atoms with Gasteiger partial charge in [-0.15, -0.1) is 0 Å². The van der Waals surface area contributed by atoms with Crippen LogP contribution in [0.2, 0.25) is 0 Å². The number of benzene rings is 1. The summed E-state index contributed by atoms with van der Waals surface area (Å²) in [4.78, 5) is 18.1. The summed E-state index contributed by atoms with van der Waals surface area (Å²) >= 11 is 0. The smallest absolute Gasteiger partial charge is 0.234 e. The summed E-state index contributed by atoms with van der Waals surface area (Å²) in [6.07, 6.45) is 3.37. The van der Waals surface area contributed by atoms with Crippen LogP contribution in [0.5, 0.6) is 5.75 Å². The van der Waals surface area contributed by atoms with Crippen molar-refractivity contribution < 1.29 is 9.53 Å². The maximum Gasteiger partial charge on any atom is 0.234 e. The summed E-state index contributed by atoms with van der Waals surface area (Å²) in [5, 5.41) is 0. The highest BCUT2D eigenvalue weighted by molar-refractivity contribution is 5.97. The van der Waals surface area contributed by atoms with Crippen molar-refractivity contribution in [2.75, 3.05) is 19.1 Å². The quantitative estimate of drug-likeness (QED) is 0.858. The number of carbonyl (C=O) groups is 1. The van der Waals surface area contributed by atoms with Gasteiger partial charge in [0, 0.05) is 13.2 Å². The van der Waals surface area contributed by atoms with Gasteiger partial charge in [0.25, 0.3) is 0 Å². The number of carbonyl (C=O) groups excluding carboxylic acids is 1. The highest BCUT2D eigenvalue weighted by Gasteiger charge is 2.20. The SMILES string of the molecule is COc1ccc(C(C)C(=O)N(C)c2cccnc2)cc1. The number of likely N-dealkylation sites (N-methyl/N-ethyl adjacent to an activating group) is 1. The Balaban J connectivity index is 2.15. The number of methoxy groups -OCH3 is 1. The van der Waals surface area contributed by atoms with Gasteiger partial charge in [0.05, 0.1) is 24.9 Å². The van der Waals surface area contributed by atoms with Crippen LogP contribution in [0.15, 0.2) is 48.8 Å². The van der Waals surface area contributed by atoms with E-state index < -0.39 is 0 Å². The number of anilines is 1. The van der Waals surface area contributed by atoms with Crippen LogP contribution in [-0.4, -0.2) is 25.0 Å². The molecule has 2 aromatic rings. The summed E-state index contributed by atoms with van der Waals surface area (Å²) in [5.74, 6) is 0.600. The lowest BCUT2D eigenvalue weighted by Crippen LogP contribution is -2.30. The van der Waals surface area contributed by atoms with Gasteiger partial charge < -0.3 is 9.64 Å². The Morgan fingerprint density at radius 1 is 1.25 bits per heavy atom. The zero-order valence-corrected chi connectivity index (χ0v) is 11.9. The van der Waals surface area contributed by atoms with Crippen LogP contribution < -0.4 is 9.64 Å². The molecule has 4 nitrogen and oxygen atoms in total. The summed E-state index contributed by atoms with van der Waals surface area (Å²) in [6, 6.07) is 11.2. The lowest BCUT2D eigenvalue weighted by atomic mass is 9.99. The molecule has 2 rings (SSSR count). The molecule has 1 amide bonds. The second-order valence-electron chi connectivity index (χ2n) is 4.60. The molecule has 1 aromatic carbocycles. The molecule has 0 saturated carbocycles. The molecule has 1 unspecified atom stereocenters. The topological polar surface area (TPSA) is 42.4 Å². The van der Waals surface area contributed by atoms with E-state index in [9.17, 15) is 4.79 Å². The van der Waals surface area contributed by atoms with Gasteiger partial charge in [0.2, 0.25) is 5.91 Å². The van der Waals surface area contributed by atoms with E-state index in [4.69, 9.17) is 4.74 Å². The normalized spacial score (nSPS) is 11.8. The molecule has 0 radical (unpaired) electrons. The first-order valence-corrected chi connectivity index (χ1v) is 6.45. The van der Waals surface area contributed by atoms with E-state index in [1.54, 1.807) is 31.5 Å². The molecule has 0 spiro atoms. The fourth-order valence-electron chi connectivity index (χ4n) is 2.01. The summed E-state index contributed by atoms with van der Waals surface area (Å²) in [7, 11) is 3.39. The average molecular weight is 270 g/mol. The van der Waals surface area contributed by atoms with Gasteiger partial charge in [-0.25, -0.2) is 0 Å². The third-order valence-electron chi connectivity index (χ3n) is 3.35. The number of hydrogen-bond donors (Lipinski definition) is 0. The summed E-state index contributed by atoms with van der Waals surface area (Å²) < 4.78 is 5.12. The molecule has 104 valence electrons. The first-order valence-electron chi connectivity index (χ1n) is 6.45. The van der Waals surface area contributed by atoms with Gasteiger partial charge in [0.15, 0.2) is 0 Å². The molecule has 0 bridgehead atoms. The molecule has 0 N–H and O–H groups in total. The molecule has 0 aliphatic carbocycles. The van der Waals surface area contributed by atoms with Crippen LogP contribution in [0.3, 0.4) is 0 Å². The fraction of sp³-hybridized carbons (Fsp3) is 0.250. The number of pyridine rings is 1. The molecule has 0 fully saturated rings. The minimum atomic E-state index is -0.217. The maximum absolute atomic E-state index is 12.5. The van der Waals surface area contributed by atoms with Gasteiger partial charge in [-0.2, -0.15) is 0 Å². The Morgan fingerprint density at radius 3 is 2.50 bits per heavy atom. The third-order valence-corrected chi connectivity index (χ3v) is 3.35. The fourth-order valence-corrected chi connectivity index (χ4v) is 2.01. The van der Waals surface area contributed by atoms with E-state index in [1.165, 1.54) is 0 Å². The van der Waals surface area contributed by atoms with E-state index >= 15 is 0 Å². The Morgan fingerprint density at radius 2 is 1.95 bits per heavy atom. The van der Waals surface area contributed by atoms with Gasteiger partial charge in [0.1, 0.15) is 5.75 Å². The van der Waals surface area contributed by atoms with Crippen LogP contribution in [0.1, 0.15) is 18.4 Å². The number of hydrogen-bond acceptors (Lipinski definition) is 3. The Labute approximate surface area is 119 Å². The van der Waals surface area contributed by atoms with Gasteiger partial charge in [-0.05, 0) is 36.8 Å². The standard InChI is InChI=1S/C16H18N2O2/c1-12(13-6-8-15(20-3)9-7-13)16(19)18(2)14-5-4-10-17-11-14/h4-12H,1-3H3. The first-order chi connectivity index (χ1) is 9.63. The highest BCUT2D eigenvalue weighted by Crippen LogP contribution is 2.22. The van der Waals surface area contributed by atoms with Crippen molar-refractivity contribution in [3.63, 3.8) is 0 Å². The second kappa shape index (κ2) is 6.19. The third kappa shape index (κ3) is 2.96. The first kappa shape index (κ1) is 14.1. The Hall–Kier alpha value is -2.36. The summed E-state index contributed by atoms with van der Waals surface area (Å²) in [5.41, 5.74) is 1.75. The van der Waals surface area contributed by atoms with Gasteiger partial charge in [-0.1, -0.05) is 12.1 Å². The van der Waals surface area contributed by atoms with Crippen LogP contribution >= 0.6 is 0 Å². The number of nitrogens with zero attached hydrogens (tertiary/aromatic N) is 2. The van der Waals surface area contributed by atoms with Crippen molar-refractivity contribution in [3.8, 4) is 5.75 Å². The van der Waals surface area contributed by atoms with E-state index in [0.717, 1.165) is 17.0 Å². The minimum Gasteiger partial charge on any atom is -0.497 e. The molecule has 1 heterocycles. The van der Waals surface area contributed by atoms with Crippen LogP contribution in [0, 0.1) is 0 Å². The van der Waals surface area contributed by atoms with E-state index in [2.05, 4.69) is 4.98 Å². The molecular formula is C16H18N2O2. The maximum atomic E-state index is 12.5. The van der Waals surface area contributed by atoms with E-state index in [0.29, 0.717) is 0 Å². The molecule has 4 heteroatoms. The van der Waals surface area contributed by atoms with E-state index in [-0.39, 0.29) is 11.8 Å². The molecule has 0 saturated heterocycles. The van der Waals surface area contributed by atoms with Crippen LogP contribution in [-0.2, 0) is 4.79 Å². The molecule has 0 aliphatic heterocycles. The number of rotatable bonds is 4. The van der Waals surface area contributed by atoms with Crippen LogP contribution in [0.25, 0.3) is 0 Å². The van der Waals surface area contributed by atoms with Crippen molar-refractivity contribution in [3.05, 3.63) is 54.4 Å². The van der Waals surface area contributed by atoms with Crippen molar-refractivity contribution in [1.29, 1.82) is 0 Å². The number of amides is 1. The molecule has 20 heavy (non-hydrogen) atoms. The predicted molar refractivity (Wildman–Crippen MR) is 79.1 cm³/mol. The highest BCUT2D eigenvalue weighted by atomic mass is 16.5. The monoisotopic (exact) mass is 270 g/mol. The zero-order valence-electron chi connectivity index (χ0n) is 11.9. The van der Waals surface area contributed by atoms with Crippen molar-refractivity contribution in [2.24, 2.45) is 0 Å².